The highest BCUT2D eigenvalue weighted by molar-refractivity contribution is 7.26. The van der Waals surface area contributed by atoms with Crippen LogP contribution >= 0.6 is 22.7 Å². The molecule has 0 unspecified atom stereocenters. The number of aromatic nitrogens is 6. The predicted molar refractivity (Wildman–Crippen MR) is 464 cm³/mol. The number of furan rings is 4. The first-order chi connectivity index (χ1) is 55.5. The van der Waals surface area contributed by atoms with Gasteiger partial charge in [0.15, 0.2) is 0 Å². The van der Waals surface area contributed by atoms with E-state index in [1.165, 1.54) is 30.9 Å². The van der Waals surface area contributed by atoms with E-state index in [1.807, 2.05) is 24.3 Å². The summed E-state index contributed by atoms with van der Waals surface area (Å²) in [7, 11) is 0. The Labute approximate surface area is 642 Å². The Kier molecular flexibility index (Phi) is 12.9. The average molecular weight is 1470 g/mol. The van der Waals surface area contributed by atoms with Gasteiger partial charge >= 0.3 is 0 Å². The monoisotopic (exact) mass is 1470 g/mol. The van der Waals surface area contributed by atoms with Gasteiger partial charge < -0.3 is 17.7 Å². The van der Waals surface area contributed by atoms with Crippen molar-refractivity contribution in [3.05, 3.63) is 328 Å². The summed E-state index contributed by atoms with van der Waals surface area (Å²) in [5.41, 5.74) is 21.2. The van der Waals surface area contributed by atoms with Crippen LogP contribution in [0.2, 0.25) is 0 Å². The van der Waals surface area contributed by atoms with Gasteiger partial charge in [0, 0.05) is 85.2 Å². The van der Waals surface area contributed by atoms with Crippen LogP contribution in [0.5, 0.6) is 0 Å². The van der Waals surface area contributed by atoms with Crippen molar-refractivity contribution in [2.45, 2.75) is 0 Å². The van der Waals surface area contributed by atoms with Crippen molar-refractivity contribution in [1.82, 2.24) is 29.1 Å². The van der Waals surface area contributed by atoms with E-state index in [9.17, 15) is 0 Å². The van der Waals surface area contributed by atoms with E-state index in [-0.39, 0.29) is 0 Å². The van der Waals surface area contributed by atoms with Gasteiger partial charge in [-0.2, -0.15) is 0 Å². The van der Waals surface area contributed by atoms with Crippen molar-refractivity contribution in [2.24, 2.45) is 0 Å². The molecule has 0 radical (unpaired) electrons. The standard InChI is InChI=1S/2C50H27N3O2S/c1-2-12-28(13-3-1)36-27-42-44(32-16-5-4-14-30(32)36)35-23-24-39-45(48(35)55-42)33-17-6-9-19-38(33)53(39)50-51-46(49-47(52-50)34-18-8-11-21-43(34)56-49)29-22-25-41-37(26-29)31-15-7-10-20-40(31)54-41;1-2-12-28(13-3-1)37-27-42-44(33-16-5-4-14-30(33)37)36-24-25-39-45(48(36)55-42)34-17-6-9-19-38(34)53(39)50-51-46(49-47(52-50)35-18-8-11-21-43(35)56-49)29-22-23-32-31-15-7-10-20-40(31)54-41(32)26-29/h2*1-27H. The zero-order chi connectivity index (χ0) is 73.0. The highest BCUT2D eigenvalue weighted by Crippen LogP contribution is 2.50. The molecule has 26 rings (SSSR count). The van der Waals surface area contributed by atoms with E-state index < -0.39 is 0 Å². The van der Waals surface area contributed by atoms with E-state index in [1.54, 1.807) is 22.7 Å². The highest BCUT2D eigenvalue weighted by Gasteiger charge is 2.28. The molecule has 12 heteroatoms. The van der Waals surface area contributed by atoms with E-state index >= 15 is 0 Å². The van der Waals surface area contributed by atoms with Crippen LogP contribution in [0.15, 0.2) is 345 Å². The molecule has 112 heavy (non-hydrogen) atoms. The van der Waals surface area contributed by atoms with Crippen LogP contribution < -0.4 is 0 Å². The lowest BCUT2D eigenvalue weighted by Gasteiger charge is -2.10. The molecule has 0 amide bonds. The summed E-state index contributed by atoms with van der Waals surface area (Å²) >= 11 is 3.47. The number of para-hydroxylation sites is 4. The first kappa shape index (κ1) is 61.5. The van der Waals surface area contributed by atoms with Crippen molar-refractivity contribution in [3.8, 4) is 56.7 Å². The number of nitrogens with zero attached hydrogens (tertiary/aromatic N) is 6. The molecule has 0 fully saturated rings. The third-order valence-electron chi connectivity index (χ3n) is 22.8. The summed E-state index contributed by atoms with van der Waals surface area (Å²) < 4.78 is 35.5. The fourth-order valence-corrected chi connectivity index (χ4v) is 20.2. The molecule has 0 saturated heterocycles. The number of fused-ring (bicyclic) bond motifs is 30. The Hall–Kier alpha value is -14.6. The van der Waals surface area contributed by atoms with Gasteiger partial charge in [0.2, 0.25) is 11.9 Å². The molecule has 0 spiro atoms. The third kappa shape index (κ3) is 8.89. The molecule has 520 valence electrons. The van der Waals surface area contributed by atoms with Crippen LogP contribution in [0.4, 0.5) is 0 Å². The molecule has 10 aromatic heterocycles. The second-order valence-corrected chi connectivity index (χ2v) is 31.0. The molecular formula is C100H54N6O4S2. The van der Waals surface area contributed by atoms with Crippen molar-refractivity contribution in [3.63, 3.8) is 0 Å². The van der Waals surface area contributed by atoms with Gasteiger partial charge in [0.05, 0.1) is 64.7 Å². The van der Waals surface area contributed by atoms with E-state index in [0.29, 0.717) is 11.9 Å². The topological polar surface area (TPSA) is 114 Å². The maximum atomic E-state index is 7.01. The summed E-state index contributed by atoms with van der Waals surface area (Å²) in [6.45, 7) is 0. The maximum Gasteiger partial charge on any atom is 0.235 e. The Balaban J connectivity index is 0.000000127. The van der Waals surface area contributed by atoms with Gasteiger partial charge in [0.25, 0.3) is 0 Å². The molecule has 0 aliphatic heterocycles. The molecule has 0 N–H and O–H groups in total. The summed E-state index contributed by atoms with van der Waals surface area (Å²) in [4.78, 5) is 21.8. The summed E-state index contributed by atoms with van der Waals surface area (Å²) in [6.07, 6.45) is 0. The number of hydrogen-bond acceptors (Lipinski definition) is 10. The minimum absolute atomic E-state index is 0.610. The Morgan fingerprint density at radius 3 is 1.12 bits per heavy atom. The minimum Gasteiger partial charge on any atom is -0.456 e. The molecule has 0 saturated carbocycles. The van der Waals surface area contributed by atoms with Gasteiger partial charge in [-0.1, -0.05) is 224 Å². The van der Waals surface area contributed by atoms with E-state index in [4.69, 9.17) is 37.6 Å². The van der Waals surface area contributed by atoms with Crippen LogP contribution in [0.1, 0.15) is 0 Å². The molecule has 0 bridgehead atoms. The number of hydrogen-bond donors (Lipinski definition) is 0. The largest absolute Gasteiger partial charge is 0.456 e. The van der Waals surface area contributed by atoms with E-state index in [2.05, 4.69) is 312 Å². The number of benzene rings is 16. The molecule has 0 aliphatic rings. The summed E-state index contributed by atoms with van der Waals surface area (Å²) in [5, 5.41) is 20.0. The summed E-state index contributed by atoms with van der Waals surface area (Å²) in [6, 6.07) is 115. The lowest BCUT2D eigenvalue weighted by atomic mass is 9.95. The average Bonchev–Trinajstić information content (AvgIpc) is 1.55. The quantitative estimate of drug-likeness (QED) is 0.162. The summed E-state index contributed by atoms with van der Waals surface area (Å²) in [5.74, 6) is 1.23. The van der Waals surface area contributed by atoms with Crippen LogP contribution in [0.25, 0.3) is 250 Å². The Morgan fingerprint density at radius 1 is 0.223 bits per heavy atom. The normalized spacial score (nSPS) is 12.3. The van der Waals surface area contributed by atoms with Crippen molar-refractivity contribution >= 4 is 216 Å². The smallest absolute Gasteiger partial charge is 0.235 e. The van der Waals surface area contributed by atoms with Crippen LogP contribution in [0.3, 0.4) is 0 Å². The van der Waals surface area contributed by atoms with Gasteiger partial charge in [-0.15, -0.1) is 22.7 Å². The molecule has 10 heterocycles. The maximum absolute atomic E-state index is 7.01. The fourth-order valence-electron chi connectivity index (χ4n) is 17.9. The molecule has 16 aromatic carbocycles. The van der Waals surface area contributed by atoms with Crippen molar-refractivity contribution < 1.29 is 17.7 Å². The van der Waals surface area contributed by atoms with Gasteiger partial charge in [-0.05, 0) is 147 Å². The van der Waals surface area contributed by atoms with Gasteiger partial charge in [-0.25, -0.2) is 19.9 Å². The molecule has 26 aromatic rings. The van der Waals surface area contributed by atoms with Crippen LogP contribution in [0, 0.1) is 0 Å². The Bertz CT molecular complexity index is 8540. The molecular weight excluding hydrogens is 1410 g/mol. The zero-order valence-corrected chi connectivity index (χ0v) is 60.9. The first-order valence-corrected chi connectivity index (χ1v) is 39.1. The number of rotatable bonds is 6. The van der Waals surface area contributed by atoms with Crippen LogP contribution in [-0.2, 0) is 0 Å². The molecule has 10 nitrogen and oxygen atoms in total. The second kappa shape index (κ2) is 23.5. The lowest BCUT2D eigenvalue weighted by Crippen LogP contribution is -2.02. The number of thiophene rings is 2. The molecule has 0 atom stereocenters. The SMILES string of the molecule is c1ccc(-c2cc3oc4c(ccc5c4c4ccccc4n5-c4nc(-c5ccc6c(c5)oc5ccccc56)c5sc6ccccc6c5n4)c3c3ccccc23)cc1.c1ccc(-c2cc3oc4c(ccc5c4c4ccccc4n5-c4nc(-c5ccc6oc7ccccc7c6c5)c5sc6ccccc6c5n4)c3c3ccccc23)cc1. The fraction of sp³-hybridized carbons (Fsp3) is 0. The lowest BCUT2D eigenvalue weighted by molar-refractivity contribution is 0.668. The Morgan fingerprint density at radius 2 is 0.607 bits per heavy atom. The van der Waals surface area contributed by atoms with E-state index in [0.717, 1.165) is 207 Å². The highest BCUT2D eigenvalue weighted by atomic mass is 32.1. The van der Waals surface area contributed by atoms with Gasteiger partial charge in [0.1, 0.15) is 44.7 Å². The van der Waals surface area contributed by atoms with Crippen molar-refractivity contribution in [2.75, 3.05) is 0 Å². The predicted octanol–water partition coefficient (Wildman–Crippen LogP) is 28.5. The third-order valence-corrected chi connectivity index (χ3v) is 25.2. The zero-order valence-electron chi connectivity index (χ0n) is 59.3. The first-order valence-electron chi connectivity index (χ1n) is 37.5. The van der Waals surface area contributed by atoms with Crippen molar-refractivity contribution in [1.29, 1.82) is 0 Å². The van der Waals surface area contributed by atoms with Gasteiger partial charge in [-0.3, -0.25) is 9.13 Å². The van der Waals surface area contributed by atoms with Crippen LogP contribution in [-0.4, -0.2) is 29.1 Å². The minimum atomic E-state index is 0.610. The molecule has 0 aliphatic carbocycles. The second-order valence-electron chi connectivity index (χ2n) is 28.9.